The molecule has 108 valence electrons. The number of hydrogen-bond donors (Lipinski definition) is 3. The Morgan fingerprint density at radius 2 is 2.11 bits per heavy atom. The van der Waals surface area contributed by atoms with Crippen molar-refractivity contribution in [3.05, 3.63) is 29.8 Å². The Morgan fingerprint density at radius 3 is 2.74 bits per heavy atom. The van der Waals surface area contributed by atoms with Crippen LogP contribution in [0.2, 0.25) is 0 Å². The summed E-state index contributed by atoms with van der Waals surface area (Å²) in [5, 5.41) is 15.6. The van der Waals surface area contributed by atoms with Crippen molar-refractivity contribution in [1.29, 1.82) is 0 Å². The fourth-order valence-corrected chi connectivity index (χ4v) is 1.59. The van der Waals surface area contributed by atoms with Gasteiger partial charge in [-0.05, 0) is 13.1 Å². The van der Waals surface area contributed by atoms with E-state index in [-0.39, 0.29) is 24.9 Å². The van der Waals surface area contributed by atoms with E-state index in [1.54, 1.807) is 26.3 Å². The summed E-state index contributed by atoms with van der Waals surface area (Å²) in [5.41, 5.74) is 0.675. The van der Waals surface area contributed by atoms with E-state index < -0.39 is 6.10 Å². The van der Waals surface area contributed by atoms with Crippen molar-refractivity contribution in [2.45, 2.75) is 12.5 Å². The fourth-order valence-electron chi connectivity index (χ4n) is 1.59. The number of halogens is 1. The lowest BCUT2D eigenvalue weighted by Gasteiger charge is -2.15. The van der Waals surface area contributed by atoms with E-state index in [9.17, 15) is 9.90 Å². The van der Waals surface area contributed by atoms with Crippen molar-refractivity contribution in [2.75, 3.05) is 27.2 Å². The number of aliphatic hydroxyl groups excluding tert-OH is 1. The molecule has 1 aromatic rings. The summed E-state index contributed by atoms with van der Waals surface area (Å²) in [7, 11) is 3.34. The van der Waals surface area contributed by atoms with E-state index in [1.165, 1.54) is 0 Å². The summed E-state index contributed by atoms with van der Waals surface area (Å²) >= 11 is 0. The molecule has 3 N–H and O–H groups in total. The molecule has 5 nitrogen and oxygen atoms in total. The van der Waals surface area contributed by atoms with Gasteiger partial charge in [-0.3, -0.25) is 4.79 Å². The first-order valence-corrected chi connectivity index (χ1v) is 5.91. The number of aliphatic hydroxyl groups is 1. The molecule has 0 saturated carbocycles. The van der Waals surface area contributed by atoms with Crippen LogP contribution in [0.1, 0.15) is 18.1 Å². The molecule has 0 spiro atoms. The number of carbonyl (C=O) groups is 1. The highest BCUT2D eigenvalue weighted by molar-refractivity contribution is 5.85. The zero-order valence-electron chi connectivity index (χ0n) is 11.2. The molecule has 1 amide bonds. The number of rotatable bonds is 7. The molecule has 0 bridgehead atoms. The molecule has 0 aliphatic rings. The number of para-hydroxylation sites is 1. The maximum Gasteiger partial charge on any atom is 0.221 e. The molecule has 6 heteroatoms. The topological polar surface area (TPSA) is 70.6 Å². The van der Waals surface area contributed by atoms with Crippen LogP contribution in [0, 0.1) is 0 Å². The predicted octanol–water partition coefficient (Wildman–Crippen LogP) is 0.876. The largest absolute Gasteiger partial charge is 0.496 e. The van der Waals surface area contributed by atoms with Crippen LogP contribution < -0.4 is 15.4 Å². The normalized spacial score (nSPS) is 11.3. The smallest absolute Gasteiger partial charge is 0.221 e. The number of hydrogen-bond acceptors (Lipinski definition) is 4. The molecular formula is C13H21ClN2O3. The molecule has 1 unspecified atom stereocenters. The van der Waals surface area contributed by atoms with Gasteiger partial charge in [0.05, 0.1) is 13.2 Å². The lowest BCUT2D eigenvalue weighted by molar-refractivity contribution is -0.121. The van der Waals surface area contributed by atoms with Gasteiger partial charge in [-0.15, -0.1) is 12.4 Å². The average molecular weight is 289 g/mol. The van der Waals surface area contributed by atoms with E-state index in [4.69, 9.17) is 4.74 Å². The van der Waals surface area contributed by atoms with Gasteiger partial charge in [0, 0.05) is 25.1 Å². The Kier molecular flexibility index (Phi) is 8.95. The van der Waals surface area contributed by atoms with Gasteiger partial charge in [0.15, 0.2) is 0 Å². The first kappa shape index (κ1) is 17.7. The minimum atomic E-state index is -0.764. The highest BCUT2D eigenvalue weighted by atomic mass is 35.5. The number of ether oxygens (including phenoxy) is 1. The second kappa shape index (κ2) is 9.61. The van der Waals surface area contributed by atoms with E-state index in [0.29, 0.717) is 24.3 Å². The number of carbonyl (C=O) groups excluding carboxylic acids is 1. The Hall–Kier alpha value is -1.30. The fraction of sp³-hybridized carbons (Fsp3) is 0.462. The molecule has 19 heavy (non-hydrogen) atoms. The summed E-state index contributed by atoms with van der Waals surface area (Å²) in [6.45, 7) is 0.805. The van der Waals surface area contributed by atoms with E-state index >= 15 is 0 Å². The summed E-state index contributed by atoms with van der Waals surface area (Å²) in [6, 6.07) is 7.22. The van der Waals surface area contributed by atoms with E-state index in [1.807, 2.05) is 12.1 Å². The van der Waals surface area contributed by atoms with Gasteiger partial charge in [-0.25, -0.2) is 0 Å². The third kappa shape index (κ3) is 5.92. The quantitative estimate of drug-likeness (QED) is 0.696. The first-order chi connectivity index (χ1) is 8.69. The Morgan fingerprint density at radius 1 is 1.42 bits per heavy atom. The predicted molar refractivity (Wildman–Crippen MR) is 76.8 cm³/mol. The van der Waals surface area contributed by atoms with Crippen molar-refractivity contribution in [2.24, 2.45) is 0 Å². The molecule has 0 fully saturated rings. The monoisotopic (exact) mass is 288 g/mol. The zero-order chi connectivity index (χ0) is 13.4. The van der Waals surface area contributed by atoms with Crippen LogP contribution in [0.4, 0.5) is 0 Å². The van der Waals surface area contributed by atoms with Crippen molar-refractivity contribution >= 4 is 18.3 Å². The van der Waals surface area contributed by atoms with Crippen LogP contribution in [-0.4, -0.2) is 38.3 Å². The maximum absolute atomic E-state index is 11.4. The van der Waals surface area contributed by atoms with Crippen LogP contribution in [0.25, 0.3) is 0 Å². The number of nitrogens with one attached hydrogen (secondary N) is 2. The number of methoxy groups -OCH3 is 1. The van der Waals surface area contributed by atoms with Crippen LogP contribution in [-0.2, 0) is 4.79 Å². The third-order valence-electron chi connectivity index (χ3n) is 2.59. The van der Waals surface area contributed by atoms with Gasteiger partial charge < -0.3 is 20.5 Å². The average Bonchev–Trinajstić information content (AvgIpc) is 2.42. The number of amides is 1. The molecular weight excluding hydrogens is 268 g/mol. The van der Waals surface area contributed by atoms with Crippen molar-refractivity contribution in [3.63, 3.8) is 0 Å². The van der Waals surface area contributed by atoms with Crippen LogP contribution in [0.15, 0.2) is 24.3 Å². The van der Waals surface area contributed by atoms with E-state index in [0.717, 1.165) is 0 Å². The van der Waals surface area contributed by atoms with Gasteiger partial charge in [-0.1, -0.05) is 18.2 Å². The lowest BCUT2D eigenvalue weighted by Crippen LogP contribution is -2.30. The first-order valence-electron chi connectivity index (χ1n) is 5.91. The third-order valence-corrected chi connectivity index (χ3v) is 2.59. The van der Waals surface area contributed by atoms with Crippen molar-refractivity contribution < 1.29 is 14.6 Å². The zero-order valence-corrected chi connectivity index (χ0v) is 12.0. The van der Waals surface area contributed by atoms with Gasteiger partial charge in [0.1, 0.15) is 5.75 Å². The second-order valence-electron chi connectivity index (χ2n) is 3.92. The summed E-state index contributed by atoms with van der Waals surface area (Å²) in [4.78, 5) is 11.4. The Balaban J connectivity index is 0.00000324. The highest BCUT2D eigenvalue weighted by Gasteiger charge is 2.13. The number of benzene rings is 1. The molecule has 0 aliphatic heterocycles. The van der Waals surface area contributed by atoms with Crippen molar-refractivity contribution in [1.82, 2.24) is 10.6 Å². The van der Waals surface area contributed by atoms with Crippen LogP contribution in [0.3, 0.4) is 0 Å². The highest BCUT2D eigenvalue weighted by Crippen LogP contribution is 2.23. The summed E-state index contributed by atoms with van der Waals surface area (Å²) < 4.78 is 5.16. The van der Waals surface area contributed by atoms with Crippen LogP contribution in [0.5, 0.6) is 5.75 Å². The van der Waals surface area contributed by atoms with Gasteiger partial charge >= 0.3 is 0 Å². The minimum absolute atomic E-state index is 0. The Labute approximate surface area is 119 Å². The molecule has 0 aliphatic carbocycles. The van der Waals surface area contributed by atoms with Gasteiger partial charge in [0.25, 0.3) is 0 Å². The van der Waals surface area contributed by atoms with Gasteiger partial charge in [0.2, 0.25) is 5.91 Å². The molecule has 0 heterocycles. The molecule has 1 rings (SSSR count). The van der Waals surface area contributed by atoms with Gasteiger partial charge in [-0.2, -0.15) is 0 Å². The lowest BCUT2D eigenvalue weighted by atomic mass is 10.1. The Bertz CT molecular complexity index is 388. The molecule has 1 aromatic carbocycles. The SMILES string of the molecule is CNCCC(=O)NCC(O)c1ccccc1OC.Cl. The van der Waals surface area contributed by atoms with Crippen LogP contribution >= 0.6 is 12.4 Å². The molecule has 1 atom stereocenters. The maximum atomic E-state index is 11.4. The van der Waals surface area contributed by atoms with Crippen molar-refractivity contribution in [3.8, 4) is 5.75 Å². The minimum Gasteiger partial charge on any atom is -0.496 e. The summed E-state index contributed by atoms with van der Waals surface area (Å²) in [5.74, 6) is 0.535. The van der Waals surface area contributed by atoms with E-state index in [2.05, 4.69) is 10.6 Å². The standard InChI is InChI=1S/C13H20N2O3.ClH/c1-14-8-7-13(17)15-9-11(16)10-5-3-4-6-12(10)18-2;/h3-6,11,14,16H,7-9H2,1-2H3,(H,15,17);1H. The molecule has 0 radical (unpaired) electrons. The molecule has 0 saturated heterocycles. The summed E-state index contributed by atoms with van der Waals surface area (Å²) in [6.07, 6.45) is -0.366. The second-order valence-corrected chi connectivity index (χ2v) is 3.92. The molecule has 0 aromatic heterocycles.